The van der Waals surface area contributed by atoms with Crippen LogP contribution >= 0.6 is 0 Å². The van der Waals surface area contributed by atoms with Crippen LogP contribution in [0.1, 0.15) is 18.7 Å². The first-order valence-corrected chi connectivity index (χ1v) is 6.20. The number of hydrogen-bond acceptors (Lipinski definition) is 4. The van der Waals surface area contributed by atoms with Gasteiger partial charge in [0.25, 0.3) is 0 Å². The van der Waals surface area contributed by atoms with Crippen LogP contribution in [0.2, 0.25) is 0 Å². The predicted molar refractivity (Wildman–Crippen MR) is 68.7 cm³/mol. The molecule has 18 heavy (non-hydrogen) atoms. The van der Waals surface area contributed by atoms with Gasteiger partial charge in [0.05, 0.1) is 6.42 Å². The largest absolute Gasteiger partial charge is 0.363 e. The molecule has 5 heteroatoms. The minimum Gasteiger partial charge on any atom is -0.363 e. The van der Waals surface area contributed by atoms with Crippen molar-refractivity contribution in [2.75, 3.05) is 19.0 Å². The van der Waals surface area contributed by atoms with Crippen molar-refractivity contribution in [3.63, 3.8) is 0 Å². The number of rotatable bonds is 4. The molecular formula is C13H16N4O. The highest BCUT2D eigenvalue weighted by Gasteiger charge is 2.30. The molecule has 0 radical (unpaired) electrons. The van der Waals surface area contributed by atoms with E-state index in [1.807, 2.05) is 37.2 Å². The van der Waals surface area contributed by atoms with Crippen LogP contribution < -0.4 is 4.90 Å². The van der Waals surface area contributed by atoms with Gasteiger partial charge < -0.3 is 4.90 Å². The second-order valence-electron chi connectivity index (χ2n) is 4.99. The quantitative estimate of drug-likeness (QED) is 0.814. The minimum atomic E-state index is 0.268. The van der Waals surface area contributed by atoms with Gasteiger partial charge >= 0.3 is 0 Å². The third kappa shape index (κ3) is 1.96. The van der Waals surface area contributed by atoms with Crippen LogP contribution in [0.4, 0.5) is 5.82 Å². The maximum atomic E-state index is 11.8. The van der Waals surface area contributed by atoms with E-state index in [2.05, 4.69) is 10.1 Å². The molecule has 0 saturated heterocycles. The summed E-state index contributed by atoms with van der Waals surface area (Å²) in [6.07, 6.45) is 2.43. The van der Waals surface area contributed by atoms with Crippen LogP contribution in [-0.4, -0.2) is 34.5 Å². The summed E-state index contributed by atoms with van der Waals surface area (Å²) in [5.41, 5.74) is 0.791. The molecular weight excluding hydrogens is 228 g/mol. The second-order valence-corrected chi connectivity index (χ2v) is 4.99. The number of aromatic nitrogens is 3. The van der Waals surface area contributed by atoms with Crippen LogP contribution in [0.25, 0.3) is 5.65 Å². The van der Waals surface area contributed by atoms with Gasteiger partial charge in [-0.05, 0) is 25.0 Å². The Labute approximate surface area is 105 Å². The average Bonchev–Trinajstić information content (AvgIpc) is 3.09. The van der Waals surface area contributed by atoms with E-state index in [-0.39, 0.29) is 11.7 Å². The number of hydrogen-bond donors (Lipinski definition) is 0. The summed E-state index contributed by atoms with van der Waals surface area (Å²) in [7, 11) is 3.93. The lowest BCUT2D eigenvalue weighted by Gasteiger charge is -2.12. The van der Waals surface area contributed by atoms with Crippen LogP contribution in [0.5, 0.6) is 0 Å². The van der Waals surface area contributed by atoms with Crippen molar-refractivity contribution in [1.82, 2.24) is 14.6 Å². The van der Waals surface area contributed by atoms with Crippen molar-refractivity contribution in [2.45, 2.75) is 19.3 Å². The van der Waals surface area contributed by atoms with Crippen molar-refractivity contribution >= 4 is 17.2 Å². The summed E-state index contributed by atoms with van der Waals surface area (Å²) < 4.78 is 1.79. The molecule has 0 spiro atoms. The van der Waals surface area contributed by atoms with Gasteiger partial charge in [0.2, 0.25) is 0 Å². The number of ketones is 1. The molecule has 2 heterocycles. The SMILES string of the molecule is CN(C)c1cccc2nc(CC(=O)C3CC3)nn12. The maximum absolute atomic E-state index is 11.8. The van der Waals surface area contributed by atoms with Gasteiger partial charge in [-0.15, -0.1) is 5.10 Å². The van der Waals surface area contributed by atoms with Gasteiger partial charge in [0.15, 0.2) is 11.5 Å². The van der Waals surface area contributed by atoms with E-state index in [1.165, 1.54) is 0 Å². The van der Waals surface area contributed by atoms with Crippen molar-refractivity contribution in [3.05, 3.63) is 24.0 Å². The van der Waals surface area contributed by atoms with Crippen LogP contribution in [-0.2, 0) is 11.2 Å². The van der Waals surface area contributed by atoms with Gasteiger partial charge in [-0.25, -0.2) is 4.98 Å². The predicted octanol–water partition coefficient (Wildman–Crippen LogP) is 1.32. The van der Waals surface area contributed by atoms with E-state index in [9.17, 15) is 4.79 Å². The average molecular weight is 244 g/mol. The summed E-state index contributed by atoms with van der Waals surface area (Å²) in [5.74, 6) is 2.13. The Morgan fingerprint density at radius 2 is 2.22 bits per heavy atom. The first-order chi connectivity index (χ1) is 8.65. The highest BCUT2D eigenvalue weighted by Crippen LogP contribution is 2.30. The molecule has 2 aromatic rings. The first kappa shape index (κ1) is 11.2. The molecule has 0 bridgehead atoms. The third-order valence-corrected chi connectivity index (χ3v) is 3.21. The molecule has 0 aromatic carbocycles. The summed E-state index contributed by atoms with van der Waals surface area (Å²) in [6, 6.07) is 5.84. The van der Waals surface area contributed by atoms with Gasteiger partial charge in [-0.1, -0.05) is 6.07 Å². The molecule has 3 rings (SSSR count). The highest BCUT2D eigenvalue weighted by atomic mass is 16.1. The molecule has 94 valence electrons. The topological polar surface area (TPSA) is 50.5 Å². The van der Waals surface area contributed by atoms with Gasteiger partial charge in [-0.3, -0.25) is 4.79 Å². The van der Waals surface area contributed by atoms with E-state index in [0.717, 1.165) is 24.3 Å². The molecule has 0 N–H and O–H groups in total. The van der Waals surface area contributed by atoms with E-state index in [1.54, 1.807) is 4.52 Å². The number of Topliss-reactive ketones (excluding diaryl/α,β-unsaturated/α-hetero) is 1. The van der Waals surface area contributed by atoms with E-state index in [4.69, 9.17) is 0 Å². The Morgan fingerprint density at radius 1 is 1.44 bits per heavy atom. The van der Waals surface area contributed by atoms with Gasteiger partial charge in [0, 0.05) is 20.0 Å². The van der Waals surface area contributed by atoms with Crippen molar-refractivity contribution in [3.8, 4) is 0 Å². The standard InChI is InChI=1S/C13H16N4O/c1-16(2)13-5-3-4-12-14-11(15-17(12)13)8-10(18)9-6-7-9/h3-5,9H,6-8H2,1-2H3. The number of nitrogens with zero attached hydrogens (tertiary/aromatic N) is 4. The zero-order valence-corrected chi connectivity index (χ0v) is 10.6. The normalized spacial score (nSPS) is 15.0. The summed E-state index contributed by atoms with van der Waals surface area (Å²) in [6.45, 7) is 0. The molecule has 1 aliphatic carbocycles. The van der Waals surface area contributed by atoms with Crippen molar-refractivity contribution in [2.24, 2.45) is 5.92 Å². The number of pyridine rings is 1. The monoisotopic (exact) mass is 244 g/mol. The molecule has 0 unspecified atom stereocenters. The molecule has 1 saturated carbocycles. The molecule has 5 nitrogen and oxygen atoms in total. The lowest BCUT2D eigenvalue weighted by molar-refractivity contribution is -0.119. The molecule has 0 atom stereocenters. The Balaban J connectivity index is 1.94. The lowest BCUT2D eigenvalue weighted by atomic mass is 10.2. The third-order valence-electron chi connectivity index (χ3n) is 3.21. The van der Waals surface area contributed by atoms with Gasteiger partial charge in [-0.2, -0.15) is 4.52 Å². The summed E-state index contributed by atoms with van der Waals surface area (Å²) in [4.78, 5) is 18.2. The van der Waals surface area contributed by atoms with E-state index in [0.29, 0.717) is 12.2 Å². The number of carbonyl (C=O) groups is 1. The van der Waals surface area contributed by atoms with E-state index < -0.39 is 0 Å². The lowest BCUT2D eigenvalue weighted by Crippen LogP contribution is -2.13. The number of fused-ring (bicyclic) bond motifs is 1. The summed E-state index contributed by atoms with van der Waals surface area (Å²) >= 11 is 0. The van der Waals surface area contributed by atoms with Gasteiger partial charge in [0.1, 0.15) is 11.6 Å². The fraction of sp³-hybridized carbons (Fsp3) is 0.462. The fourth-order valence-corrected chi connectivity index (χ4v) is 2.05. The Bertz CT molecular complexity index is 598. The smallest absolute Gasteiger partial charge is 0.159 e. The summed E-state index contributed by atoms with van der Waals surface area (Å²) in [5, 5.41) is 4.43. The zero-order chi connectivity index (χ0) is 12.7. The van der Waals surface area contributed by atoms with Crippen molar-refractivity contribution < 1.29 is 4.79 Å². The molecule has 1 fully saturated rings. The fourth-order valence-electron chi connectivity index (χ4n) is 2.05. The first-order valence-electron chi connectivity index (χ1n) is 6.20. The molecule has 0 amide bonds. The minimum absolute atomic E-state index is 0.268. The number of carbonyl (C=O) groups excluding carboxylic acids is 1. The molecule has 1 aliphatic rings. The van der Waals surface area contributed by atoms with Crippen LogP contribution in [0, 0.1) is 5.92 Å². The maximum Gasteiger partial charge on any atom is 0.159 e. The Hall–Kier alpha value is -1.91. The highest BCUT2D eigenvalue weighted by molar-refractivity contribution is 5.84. The van der Waals surface area contributed by atoms with Crippen LogP contribution in [0.3, 0.4) is 0 Å². The molecule has 2 aromatic heterocycles. The zero-order valence-electron chi connectivity index (χ0n) is 10.6. The Kier molecular flexibility index (Phi) is 2.54. The Morgan fingerprint density at radius 3 is 2.89 bits per heavy atom. The number of anilines is 1. The molecule has 0 aliphatic heterocycles. The van der Waals surface area contributed by atoms with Crippen LogP contribution in [0.15, 0.2) is 18.2 Å². The van der Waals surface area contributed by atoms with E-state index >= 15 is 0 Å². The second kappa shape index (κ2) is 4.08. The van der Waals surface area contributed by atoms with Crippen molar-refractivity contribution in [1.29, 1.82) is 0 Å².